The summed E-state index contributed by atoms with van der Waals surface area (Å²) in [6, 6.07) is 0. The second-order valence-corrected chi connectivity index (χ2v) is 2.44. The minimum atomic E-state index is -0.200. The number of terminal acetylenes is 1. The molecule has 0 aromatic carbocycles. The molecule has 0 atom stereocenters. The normalized spacial score (nSPS) is 10.3. The Morgan fingerprint density at radius 3 is 2.67 bits per heavy atom. The average molecular weight is 123 g/mol. The molecule has 0 aliphatic heterocycles. The van der Waals surface area contributed by atoms with Crippen molar-refractivity contribution < 1.29 is 0 Å². The smallest absolute Gasteiger partial charge is 0.0743 e. The van der Waals surface area contributed by atoms with E-state index in [9.17, 15) is 0 Å². The molecule has 9 heavy (non-hydrogen) atoms. The predicted octanol–water partition coefficient (Wildman–Crippen LogP) is 1.17. The summed E-state index contributed by atoms with van der Waals surface area (Å²) < 4.78 is 0. The summed E-state index contributed by atoms with van der Waals surface area (Å²) in [5.74, 6) is 2.62. The van der Waals surface area contributed by atoms with E-state index in [1.165, 1.54) is 0 Å². The van der Waals surface area contributed by atoms with Crippen LogP contribution < -0.4 is 5.32 Å². The van der Waals surface area contributed by atoms with Gasteiger partial charge < -0.3 is 0 Å². The Labute approximate surface area is 57.2 Å². The monoisotopic (exact) mass is 123 g/mol. The van der Waals surface area contributed by atoms with Crippen LogP contribution in [0.5, 0.6) is 0 Å². The molecule has 0 aliphatic rings. The van der Waals surface area contributed by atoms with Gasteiger partial charge in [0, 0.05) is 6.54 Å². The largest absolute Gasteiger partial charge is 0.298 e. The predicted molar refractivity (Wildman–Crippen MR) is 41.1 cm³/mol. The van der Waals surface area contributed by atoms with Crippen molar-refractivity contribution in [3.05, 3.63) is 12.7 Å². The fourth-order valence-electron chi connectivity index (χ4n) is 0.378. The van der Waals surface area contributed by atoms with Crippen molar-refractivity contribution in [3.63, 3.8) is 0 Å². The van der Waals surface area contributed by atoms with Crippen molar-refractivity contribution >= 4 is 0 Å². The first-order chi connectivity index (χ1) is 4.12. The van der Waals surface area contributed by atoms with Crippen LogP contribution in [0.3, 0.4) is 0 Å². The van der Waals surface area contributed by atoms with E-state index >= 15 is 0 Å². The van der Waals surface area contributed by atoms with Crippen molar-refractivity contribution in [2.24, 2.45) is 0 Å². The van der Waals surface area contributed by atoms with Crippen LogP contribution in [-0.4, -0.2) is 12.1 Å². The minimum absolute atomic E-state index is 0.200. The molecule has 1 N–H and O–H groups in total. The molecule has 0 aliphatic carbocycles. The van der Waals surface area contributed by atoms with Crippen molar-refractivity contribution in [2.45, 2.75) is 19.4 Å². The highest BCUT2D eigenvalue weighted by Crippen LogP contribution is 1.96. The van der Waals surface area contributed by atoms with E-state index in [2.05, 4.69) is 17.8 Å². The van der Waals surface area contributed by atoms with Crippen molar-refractivity contribution in [2.75, 3.05) is 6.54 Å². The number of hydrogen-bond donors (Lipinski definition) is 1. The summed E-state index contributed by atoms with van der Waals surface area (Å²) in [4.78, 5) is 0. The van der Waals surface area contributed by atoms with E-state index in [1.54, 1.807) is 6.08 Å². The second kappa shape index (κ2) is 3.32. The van der Waals surface area contributed by atoms with Gasteiger partial charge in [-0.25, -0.2) is 0 Å². The van der Waals surface area contributed by atoms with Crippen molar-refractivity contribution in [1.29, 1.82) is 0 Å². The molecule has 0 saturated heterocycles. The maximum Gasteiger partial charge on any atom is 0.0743 e. The molecule has 0 amide bonds. The molecular weight excluding hydrogens is 110 g/mol. The third-order valence-corrected chi connectivity index (χ3v) is 1.05. The van der Waals surface area contributed by atoms with Crippen LogP contribution in [0, 0.1) is 12.3 Å². The quantitative estimate of drug-likeness (QED) is 0.439. The molecule has 0 spiro atoms. The van der Waals surface area contributed by atoms with Crippen molar-refractivity contribution in [1.82, 2.24) is 5.32 Å². The molecule has 0 heterocycles. The molecule has 50 valence electrons. The lowest BCUT2D eigenvalue weighted by molar-refractivity contribution is 0.523. The van der Waals surface area contributed by atoms with Crippen LogP contribution in [0.4, 0.5) is 0 Å². The minimum Gasteiger partial charge on any atom is -0.298 e. The molecule has 0 rings (SSSR count). The van der Waals surface area contributed by atoms with Gasteiger partial charge in [-0.15, -0.1) is 13.0 Å². The summed E-state index contributed by atoms with van der Waals surface area (Å²) in [7, 11) is 0. The van der Waals surface area contributed by atoms with Crippen LogP contribution in [0.1, 0.15) is 13.8 Å². The van der Waals surface area contributed by atoms with E-state index in [-0.39, 0.29) is 5.54 Å². The van der Waals surface area contributed by atoms with Crippen LogP contribution >= 0.6 is 0 Å². The zero-order chi connectivity index (χ0) is 7.33. The molecule has 0 bridgehead atoms. The first-order valence-corrected chi connectivity index (χ1v) is 2.96. The van der Waals surface area contributed by atoms with Gasteiger partial charge in [0.2, 0.25) is 0 Å². The SMILES string of the molecule is C#CC(C)(C)NCC=C. The van der Waals surface area contributed by atoms with Crippen LogP contribution in [0.2, 0.25) is 0 Å². The topological polar surface area (TPSA) is 12.0 Å². The molecule has 1 nitrogen and oxygen atoms in total. The van der Waals surface area contributed by atoms with Crippen LogP contribution in [0.15, 0.2) is 12.7 Å². The second-order valence-electron chi connectivity index (χ2n) is 2.44. The van der Waals surface area contributed by atoms with E-state index in [1.807, 2.05) is 13.8 Å². The highest BCUT2D eigenvalue weighted by molar-refractivity contribution is 5.07. The Hall–Kier alpha value is -0.740. The van der Waals surface area contributed by atoms with E-state index in [4.69, 9.17) is 6.42 Å². The Kier molecular flexibility index (Phi) is 3.05. The Bertz CT molecular complexity index is 128. The van der Waals surface area contributed by atoms with Gasteiger partial charge in [0.1, 0.15) is 0 Å². The van der Waals surface area contributed by atoms with Crippen molar-refractivity contribution in [3.8, 4) is 12.3 Å². The zero-order valence-electron chi connectivity index (χ0n) is 6.07. The van der Waals surface area contributed by atoms with Crippen LogP contribution in [0.25, 0.3) is 0 Å². The average Bonchev–Trinajstić information content (AvgIpc) is 1.84. The molecule has 0 aromatic rings. The zero-order valence-corrected chi connectivity index (χ0v) is 6.07. The van der Waals surface area contributed by atoms with E-state index < -0.39 is 0 Å². The van der Waals surface area contributed by atoms with Gasteiger partial charge in [0.25, 0.3) is 0 Å². The summed E-state index contributed by atoms with van der Waals surface area (Å²) in [5.41, 5.74) is -0.200. The highest BCUT2D eigenvalue weighted by atomic mass is 14.9. The maximum atomic E-state index is 5.20. The van der Waals surface area contributed by atoms with Gasteiger partial charge >= 0.3 is 0 Å². The fraction of sp³-hybridized carbons (Fsp3) is 0.500. The lowest BCUT2D eigenvalue weighted by Gasteiger charge is -2.17. The number of nitrogens with one attached hydrogen (secondary N) is 1. The summed E-state index contributed by atoms with van der Waals surface area (Å²) in [5, 5.41) is 3.10. The number of hydrogen-bond acceptors (Lipinski definition) is 1. The maximum absolute atomic E-state index is 5.20. The summed E-state index contributed by atoms with van der Waals surface area (Å²) >= 11 is 0. The van der Waals surface area contributed by atoms with Gasteiger partial charge in [0.05, 0.1) is 5.54 Å². The summed E-state index contributed by atoms with van der Waals surface area (Å²) in [6.07, 6.45) is 6.99. The van der Waals surface area contributed by atoms with Gasteiger partial charge in [-0.2, -0.15) is 0 Å². The van der Waals surface area contributed by atoms with Crippen LogP contribution in [-0.2, 0) is 0 Å². The molecule has 0 saturated carbocycles. The Morgan fingerprint density at radius 1 is 1.78 bits per heavy atom. The lowest BCUT2D eigenvalue weighted by Crippen LogP contribution is -2.37. The third kappa shape index (κ3) is 3.81. The molecular formula is C8H13N. The molecule has 1 heteroatoms. The molecule has 0 aromatic heterocycles. The third-order valence-electron chi connectivity index (χ3n) is 1.05. The Balaban J connectivity index is 3.61. The first-order valence-electron chi connectivity index (χ1n) is 2.96. The van der Waals surface area contributed by atoms with Gasteiger partial charge in [0.15, 0.2) is 0 Å². The summed E-state index contributed by atoms with van der Waals surface area (Å²) in [6.45, 7) is 8.24. The van der Waals surface area contributed by atoms with E-state index in [0.29, 0.717) is 0 Å². The van der Waals surface area contributed by atoms with E-state index in [0.717, 1.165) is 6.54 Å². The van der Waals surface area contributed by atoms with Gasteiger partial charge in [-0.1, -0.05) is 12.0 Å². The molecule has 0 radical (unpaired) electrons. The van der Waals surface area contributed by atoms with Gasteiger partial charge in [-0.3, -0.25) is 5.32 Å². The van der Waals surface area contributed by atoms with Gasteiger partial charge in [-0.05, 0) is 13.8 Å². The number of rotatable bonds is 3. The molecule has 0 fully saturated rings. The Morgan fingerprint density at radius 2 is 2.33 bits per heavy atom. The highest BCUT2D eigenvalue weighted by Gasteiger charge is 2.09. The first kappa shape index (κ1) is 8.26. The molecule has 0 unspecified atom stereocenters. The fourth-order valence-corrected chi connectivity index (χ4v) is 0.378. The standard InChI is InChI=1S/C8H13N/c1-5-7-9-8(3,4)6-2/h2,5,9H,1,7H2,3-4H3. The lowest BCUT2D eigenvalue weighted by atomic mass is 10.1.